The molecule has 0 atom stereocenters. The van der Waals surface area contributed by atoms with Crippen molar-refractivity contribution in [1.82, 2.24) is 9.55 Å². The summed E-state index contributed by atoms with van der Waals surface area (Å²) < 4.78 is 1.96. The first-order chi connectivity index (χ1) is 6.20. The number of nitrogens with zero attached hydrogens (tertiary/aromatic N) is 3. The smallest absolute Gasteiger partial charge is 0.185 e. The molecule has 1 aromatic rings. The molecule has 1 aromatic heterocycles. The summed E-state index contributed by atoms with van der Waals surface area (Å²) in [5.41, 5.74) is 10.4. The van der Waals surface area contributed by atoms with Gasteiger partial charge in [-0.15, -0.1) is 0 Å². The normalized spacial score (nSPS) is 9.92. The van der Waals surface area contributed by atoms with Crippen molar-refractivity contribution in [3.63, 3.8) is 0 Å². The van der Waals surface area contributed by atoms with Crippen molar-refractivity contribution in [1.29, 1.82) is 0 Å². The van der Waals surface area contributed by atoms with E-state index in [0.29, 0.717) is 6.54 Å². The second-order valence-electron chi connectivity index (χ2n) is 2.48. The summed E-state index contributed by atoms with van der Waals surface area (Å²) in [6.07, 6.45) is 3.67. The second-order valence-corrected chi connectivity index (χ2v) is 3.54. The number of aryl methyl sites for hydroxylation is 1. The van der Waals surface area contributed by atoms with E-state index in [4.69, 9.17) is 11.5 Å². The fraction of sp³-hybridized carbons (Fsp3) is 0.429. The number of aromatic nitrogens is 2. The van der Waals surface area contributed by atoms with Gasteiger partial charge in [-0.1, -0.05) is 11.8 Å². The minimum atomic E-state index is 0.139. The van der Waals surface area contributed by atoms with E-state index in [2.05, 4.69) is 9.98 Å². The zero-order valence-electron chi connectivity index (χ0n) is 7.47. The van der Waals surface area contributed by atoms with Crippen LogP contribution in [0.15, 0.2) is 22.5 Å². The van der Waals surface area contributed by atoms with Gasteiger partial charge in [-0.3, -0.25) is 4.99 Å². The highest BCUT2D eigenvalue weighted by Crippen LogP contribution is 2.13. The van der Waals surface area contributed by atoms with Crippen LogP contribution in [-0.4, -0.2) is 27.8 Å². The van der Waals surface area contributed by atoms with Gasteiger partial charge in [-0.2, -0.15) is 0 Å². The molecule has 4 N–H and O–H groups in total. The molecule has 0 aromatic carbocycles. The zero-order valence-corrected chi connectivity index (χ0v) is 8.29. The molecule has 0 saturated carbocycles. The van der Waals surface area contributed by atoms with Crippen molar-refractivity contribution < 1.29 is 0 Å². The fourth-order valence-corrected chi connectivity index (χ4v) is 1.57. The lowest BCUT2D eigenvalue weighted by Gasteiger charge is -1.98. The Bertz CT molecular complexity index is 289. The number of nitrogens with two attached hydrogens (primary N) is 2. The average molecular weight is 199 g/mol. The van der Waals surface area contributed by atoms with Gasteiger partial charge < -0.3 is 16.0 Å². The molecule has 5 nitrogen and oxygen atoms in total. The van der Waals surface area contributed by atoms with E-state index in [1.54, 1.807) is 18.0 Å². The summed E-state index contributed by atoms with van der Waals surface area (Å²) in [7, 11) is 1.95. The number of rotatable bonds is 4. The van der Waals surface area contributed by atoms with Crippen LogP contribution >= 0.6 is 11.8 Å². The lowest BCUT2D eigenvalue weighted by Crippen LogP contribution is -2.23. The number of hydrogen-bond acceptors (Lipinski definition) is 3. The lowest BCUT2D eigenvalue weighted by atomic mass is 10.8. The Hall–Kier alpha value is -1.17. The molecule has 0 unspecified atom stereocenters. The van der Waals surface area contributed by atoms with Gasteiger partial charge in [-0.05, 0) is 0 Å². The third kappa shape index (κ3) is 3.37. The molecule has 1 heterocycles. The van der Waals surface area contributed by atoms with Crippen LogP contribution in [0.5, 0.6) is 0 Å². The van der Waals surface area contributed by atoms with Gasteiger partial charge in [0.1, 0.15) is 0 Å². The van der Waals surface area contributed by atoms with Crippen molar-refractivity contribution in [3.8, 4) is 0 Å². The fourth-order valence-electron chi connectivity index (χ4n) is 0.803. The highest BCUT2D eigenvalue weighted by molar-refractivity contribution is 7.99. The Kier molecular flexibility index (Phi) is 3.63. The molecule has 0 fully saturated rings. The van der Waals surface area contributed by atoms with Gasteiger partial charge in [0, 0.05) is 25.2 Å². The maximum atomic E-state index is 5.18. The predicted octanol–water partition coefficient (Wildman–Crippen LogP) is -0.214. The quantitative estimate of drug-likeness (QED) is 0.304. The molecule has 0 amide bonds. The Balaban J connectivity index is 2.28. The summed E-state index contributed by atoms with van der Waals surface area (Å²) in [6, 6.07) is 0. The van der Waals surface area contributed by atoms with Crippen LogP contribution in [0.2, 0.25) is 0 Å². The average Bonchev–Trinajstić information content (AvgIpc) is 2.45. The van der Waals surface area contributed by atoms with Gasteiger partial charge in [0.05, 0.1) is 6.54 Å². The number of imidazole rings is 1. The largest absolute Gasteiger partial charge is 0.370 e. The zero-order chi connectivity index (χ0) is 9.68. The first kappa shape index (κ1) is 9.91. The van der Waals surface area contributed by atoms with Crippen LogP contribution in [0.3, 0.4) is 0 Å². The van der Waals surface area contributed by atoms with E-state index in [1.807, 2.05) is 17.8 Å². The standard InChI is InChI=1S/C7H13N5S/c1-12-4-2-11-7(12)13-5-3-10-6(8)9/h2,4H,3,5H2,1H3,(H4,8,9,10). The molecule has 0 aliphatic rings. The number of thioether (sulfide) groups is 1. The summed E-state index contributed by atoms with van der Waals surface area (Å²) >= 11 is 1.63. The van der Waals surface area contributed by atoms with Gasteiger partial charge in [0.2, 0.25) is 0 Å². The van der Waals surface area contributed by atoms with E-state index in [9.17, 15) is 0 Å². The molecule has 0 spiro atoms. The van der Waals surface area contributed by atoms with E-state index < -0.39 is 0 Å². The molecule has 6 heteroatoms. The SMILES string of the molecule is Cn1ccnc1SCCN=C(N)N. The van der Waals surface area contributed by atoms with Gasteiger partial charge in [0.15, 0.2) is 11.1 Å². The first-order valence-corrected chi connectivity index (χ1v) is 4.84. The first-order valence-electron chi connectivity index (χ1n) is 3.85. The third-order valence-corrected chi connectivity index (χ3v) is 2.43. The van der Waals surface area contributed by atoms with Crippen LogP contribution in [0.25, 0.3) is 0 Å². The molecule has 0 aliphatic heterocycles. The van der Waals surface area contributed by atoms with Crippen molar-refractivity contribution in [3.05, 3.63) is 12.4 Å². The van der Waals surface area contributed by atoms with Crippen LogP contribution in [0.4, 0.5) is 0 Å². The summed E-state index contributed by atoms with van der Waals surface area (Å²) in [5.74, 6) is 0.975. The summed E-state index contributed by atoms with van der Waals surface area (Å²) in [4.78, 5) is 8.02. The molecule has 72 valence electrons. The second kappa shape index (κ2) is 4.76. The molecule has 0 aliphatic carbocycles. The maximum absolute atomic E-state index is 5.18. The molecule has 1 rings (SSSR count). The van der Waals surface area contributed by atoms with Crippen molar-refractivity contribution >= 4 is 17.7 Å². The van der Waals surface area contributed by atoms with Gasteiger partial charge >= 0.3 is 0 Å². The maximum Gasteiger partial charge on any atom is 0.185 e. The number of guanidine groups is 1. The van der Waals surface area contributed by atoms with Crippen LogP contribution in [0, 0.1) is 0 Å². The third-order valence-electron chi connectivity index (χ3n) is 1.39. The van der Waals surface area contributed by atoms with Gasteiger partial charge in [0.25, 0.3) is 0 Å². The van der Waals surface area contributed by atoms with Crippen LogP contribution < -0.4 is 11.5 Å². The topological polar surface area (TPSA) is 82.2 Å². The molecule has 0 bridgehead atoms. The number of aliphatic imine (C=N–C) groups is 1. The summed E-state index contributed by atoms with van der Waals surface area (Å²) in [5, 5.41) is 0.978. The van der Waals surface area contributed by atoms with E-state index >= 15 is 0 Å². The minimum absolute atomic E-state index is 0.139. The molecule has 0 saturated heterocycles. The predicted molar refractivity (Wildman–Crippen MR) is 54.6 cm³/mol. The molecular formula is C7H13N5S. The highest BCUT2D eigenvalue weighted by atomic mass is 32.2. The van der Waals surface area contributed by atoms with Crippen LogP contribution in [0.1, 0.15) is 0 Å². The van der Waals surface area contributed by atoms with Crippen LogP contribution in [-0.2, 0) is 7.05 Å². The monoisotopic (exact) mass is 199 g/mol. The molecule has 13 heavy (non-hydrogen) atoms. The Labute approximate surface area is 81.2 Å². The Morgan fingerprint density at radius 2 is 2.46 bits per heavy atom. The lowest BCUT2D eigenvalue weighted by molar-refractivity contribution is 0.790. The highest BCUT2D eigenvalue weighted by Gasteiger charge is 1.97. The van der Waals surface area contributed by atoms with Crippen molar-refractivity contribution in [2.75, 3.05) is 12.3 Å². The number of hydrogen-bond donors (Lipinski definition) is 2. The van der Waals surface area contributed by atoms with E-state index in [-0.39, 0.29) is 5.96 Å². The summed E-state index contributed by atoms with van der Waals surface area (Å²) in [6.45, 7) is 0.625. The van der Waals surface area contributed by atoms with E-state index in [1.165, 1.54) is 0 Å². The Morgan fingerprint density at radius 3 is 3.00 bits per heavy atom. The minimum Gasteiger partial charge on any atom is -0.370 e. The van der Waals surface area contributed by atoms with E-state index in [0.717, 1.165) is 10.9 Å². The molecular weight excluding hydrogens is 186 g/mol. The van der Waals surface area contributed by atoms with Crippen molar-refractivity contribution in [2.24, 2.45) is 23.5 Å². The van der Waals surface area contributed by atoms with Crippen molar-refractivity contribution in [2.45, 2.75) is 5.16 Å². The molecule has 0 radical (unpaired) electrons. The van der Waals surface area contributed by atoms with Gasteiger partial charge in [-0.25, -0.2) is 4.98 Å². The Morgan fingerprint density at radius 1 is 1.69 bits per heavy atom.